The third-order valence-electron chi connectivity index (χ3n) is 4.83. The first-order valence-corrected chi connectivity index (χ1v) is 10.9. The van der Waals surface area contributed by atoms with Crippen LogP contribution in [0.1, 0.15) is 21.6 Å². The molecular weight excluding hydrogens is 350 g/mol. The maximum atomic E-state index is 12.8. The van der Waals surface area contributed by atoms with Gasteiger partial charge >= 0.3 is 0 Å². The van der Waals surface area contributed by atoms with Crippen molar-refractivity contribution in [1.82, 2.24) is 14.8 Å². The highest BCUT2D eigenvalue weighted by Crippen LogP contribution is 2.20. The zero-order chi connectivity index (χ0) is 18.9. The number of carbonyl (C=O) groups excluding carboxylic acids is 1. The van der Waals surface area contributed by atoms with E-state index in [2.05, 4.69) is 9.88 Å². The van der Waals surface area contributed by atoms with Crippen LogP contribution in [-0.4, -0.2) is 73.8 Å². The average molecular weight is 375 g/mol. The molecule has 2 heterocycles. The number of nitrogens with zero attached hydrogens (tertiary/aromatic N) is 3. The number of sulfone groups is 1. The van der Waals surface area contributed by atoms with Crippen LogP contribution in [0, 0.1) is 13.8 Å². The number of hydrogen-bond acceptors (Lipinski definition) is 5. The van der Waals surface area contributed by atoms with Gasteiger partial charge in [0, 0.05) is 55.6 Å². The van der Waals surface area contributed by atoms with Crippen molar-refractivity contribution in [2.75, 3.05) is 44.7 Å². The molecule has 1 aliphatic heterocycles. The molecule has 2 aromatic rings. The Morgan fingerprint density at radius 1 is 1.12 bits per heavy atom. The molecule has 6 nitrogen and oxygen atoms in total. The molecule has 1 saturated heterocycles. The van der Waals surface area contributed by atoms with Crippen LogP contribution in [0.25, 0.3) is 10.9 Å². The highest BCUT2D eigenvalue weighted by atomic mass is 32.2. The minimum absolute atomic E-state index is 0.00984. The minimum atomic E-state index is -2.95. The molecule has 1 aromatic carbocycles. The molecule has 0 aliphatic carbocycles. The standard InChI is InChI=1S/C19H25N3O3S/c1-14-12-15(2)20-18-13-16(4-5-17(14)18)19(23)22-8-6-21(7-9-22)10-11-26(3,24)25/h4-5,12-13H,6-11H2,1-3H3. The van der Waals surface area contributed by atoms with Gasteiger partial charge in [0.25, 0.3) is 5.91 Å². The predicted octanol–water partition coefficient (Wildman–Crippen LogP) is 1.65. The van der Waals surface area contributed by atoms with Gasteiger partial charge in [-0.15, -0.1) is 0 Å². The Hall–Kier alpha value is -1.99. The van der Waals surface area contributed by atoms with Gasteiger partial charge in [0.1, 0.15) is 9.84 Å². The monoisotopic (exact) mass is 375 g/mol. The SMILES string of the molecule is Cc1cc(C)c2ccc(C(=O)N3CCN(CCS(C)(=O)=O)CC3)cc2n1. The predicted molar refractivity (Wildman–Crippen MR) is 103 cm³/mol. The normalized spacial score (nSPS) is 16.2. The molecule has 0 unspecified atom stereocenters. The van der Waals surface area contributed by atoms with Crippen molar-refractivity contribution < 1.29 is 13.2 Å². The molecule has 140 valence electrons. The number of benzene rings is 1. The van der Waals surface area contributed by atoms with E-state index in [9.17, 15) is 13.2 Å². The zero-order valence-electron chi connectivity index (χ0n) is 15.5. The third-order valence-corrected chi connectivity index (χ3v) is 5.75. The van der Waals surface area contributed by atoms with Gasteiger partial charge in [-0.05, 0) is 37.6 Å². The van der Waals surface area contributed by atoms with Crippen molar-refractivity contribution in [2.45, 2.75) is 13.8 Å². The Kier molecular flexibility index (Phi) is 5.29. The molecular formula is C19H25N3O3S. The minimum Gasteiger partial charge on any atom is -0.336 e. The van der Waals surface area contributed by atoms with Crippen molar-refractivity contribution in [3.8, 4) is 0 Å². The number of fused-ring (bicyclic) bond motifs is 1. The Morgan fingerprint density at radius 3 is 2.46 bits per heavy atom. The Balaban J connectivity index is 1.68. The lowest BCUT2D eigenvalue weighted by Gasteiger charge is -2.34. The van der Waals surface area contributed by atoms with Gasteiger partial charge in [0.05, 0.1) is 11.3 Å². The van der Waals surface area contributed by atoms with Crippen molar-refractivity contribution in [2.24, 2.45) is 0 Å². The van der Waals surface area contributed by atoms with Crippen LogP contribution in [-0.2, 0) is 9.84 Å². The van der Waals surface area contributed by atoms with Crippen LogP contribution >= 0.6 is 0 Å². The van der Waals surface area contributed by atoms with Gasteiger partial charge < -0.3 is 4.90 Å². The second-order valence-corrected chi connectivity index (χ2v) is 9.34. The maximum absolute atomic E-state index is 12.8. The molecule has 0 N–H and O–H groups in total. The van der Waals surface area contributed by atoms with Crippen molar-refractivity contribution in [1.29, 1.82) is 0 Å². The number of aromatic nitrogens is 1. The molecule has 1 aromatic heterocycles. The van der Waals surface area contributed by atoms with Crippen molar-refractivity contribution in [3.63, 3.8) is 0 Å². The fraction of sp³-hybridized carbons (Fsp3) is 0.474. The molecule has 3 rings (SSSR count). The largest absolute Gasteiger partial charge is 0.336 e. The van der Waals surface area contributed by atoms with E-state index in [1.807, 2.05) is 43.0 Å². The summed E-state index contributed by atoms with van der Waals surface area (Å²) in [7, 11) is -2.95. The molecule has 0 bridgehead atoms. The summed E-state index contributed by atoms with van der Waals surface area (Å²) in [5.41, 5.74) is 3.60. The smallest absolute Gasteiger partial charge is 0.254 e. The van der Waals surface area contributed by atoms with Gasteiger partial charge in [-0.1, -0.05) is 6.07 Å². The number of rotatable bonds is 4. The lowest BCUT2D eigenvalue weighted by atomic mass is 10.1. The Labute approximate surface area is 154 Å². The average Bonchev–Trinajstić information content (AvgIpc) is 2.58. The zero-order valence-corrected chi connectivity index (χ0v) is 16.3. The maximum Gasteiger partial charge on any atom is 0.254 e. The topological polar surface area (TPSA) is 70.6 Å². The van der Waals surface area contributed by atoms with Gasteiger partial charge in [-0.25, -0.2) is 8.42 Å². The number of carbonyl (C=O) groups is 1. The van der Waals surface area contributed by atoms with E-state index in [-0.39, 0.29) is 11.7 Å². The summed E-state index contributed by atoms with van der Waals surface area (Å²) in [4.78, 5) is 21.3. The summed E-state index contributed by atoms with van der Waals surface area (Å²) in [5.74, 6) is 0.173. The van der Waals surface area contributed by atoms with Crippen molar-refractivity contribution in [3.05, 3.63) is 41.1 Å². The van der Waals surface area contributed by atoms with E-state index < -0.39 is 9.84 Å². The Bertz CT molecular complexity index is 932. The summed E-state index contributed by atoms with van der Waals surface area (Å²) >= 11 is 0. The van der Waals surface area contributed by atoms with E-state index in [0.717, 1.165) is 22.2 Å². The summed E-state index contributed by atoms with van der Waals surface area (Å²) in [6, 6.07) is 7.74. The lowest BCUT2D eigenvalue weighted by molar-refractivity contribution is 0.0644. The number of pyridine rings is 1. The summed E-state index contributed by atoms with van der Waals surface area (Å²) < 4.78 is 22.6. The summed E-state index contributed by atoms with van der Waals surface area (Å²) in [6.45, 7) is 7.16. The molecule has 0 atom stereocenters. The van der Waals surface area contributed by atoms with Gasteiger partial charge in [0.2, 0.25) is 0 Å². The fourth-order valence-electron chi connectivity index (χ4n) is 3.36. The molecule has 0 spiro atoms. The van der Waals surface area contributed by atoms with Crippen molar-refractivity contribution >= 4 is 26.6 Å². The lowest BCUT2D eigenvalue weighted by Crippen LogP contribution is -2.49. The van der Waals surface area contributed by atoms with Crippen LogP contribution in [0.3, 0.4) is 0 Å². The summed E-state index contributed by atoms with van der Waals surface area (Å²) in [5, 5.41) is 1.07. The second kappa shape index (κ2) is 7.32. The molecule has 0 radical (unpaired) electrons. The number of hydrogen-bond donors (Lipinski definition) is 0. The second-order valence-electron chi connectivity index (χ2n) is 7.08. The van der Waals surface area contributed by atoms with Crippen LogP contribution in [0.4, 0.5) is 0 Å². The molecule has 26 heavy (non-hydrogen) atoms. The van der Waals surface area contributed by atoms with Gasteiger partial charge in [0.15, 0.2) is 0 Å². The third kappa shape index (κ3) is 4.40. The molecule has 1 fully saturated rings. The van der Waals surface area contributed by atoms with E-state index in [1.54, 1.807) is 0 Å². The first-order chi connectivity index (χ1) is 12.2. The first kappa shape index (κ1) is 18.8. The molecule has 0 saturated carbocycles. The fourth-order valence-corrected chi connectivity index (χ4v) is 3.95. The van der Waals surface area contributed by atoms with Gasteiger partial charge in [-0.3, -0.25) is 14.7 Å². The van der Waals surface area contributed by atoms with Gasteiger partial charge in [-0.2, -0.15) is 0 Å². The van der Waals surface area contributed by atoms with Crippen LogP contribution in [0.5, 0.6) is 0 Å². The molecule has 1 aliphatic rings. The number of amides is 1. The summed E-state index contributed by atoms with van der Waals surface area (Å²) in [6.07, 6.45) is 1.25. The number of aryl methyl sites for hydroxylation is 2. The van der Waals surface area contributed by atoms with Crippen LogP contribution in [0.15, 0.2) is 24.3 Å². The van der Waals surface area contributed by atoms with E-state index in [0.29, 0.717) is 38.3 Å². The number of piperazine rings is 1. The van der Waals surface area contributed by atoms with E-state index >= 15 is 0 Å². The Morgan fingerprint density at radius 2 is 1.81 bits per heavy atom. The highest BCUT2D eigenvalue weighted by Gasteiger charge is 2.23. The highest BCUT2D eigenvalue weighted by molar-refractivity contribution is 7.90. The molecule has 1 amide bonds. The van der Waals surface area contributed by atoms with Crippen LogP contribution < -0.4 is 0 Å². The molecule has 7 heteroatoms. The van der Waals surface area contributed by atoms with E-state index in [1.165, 1.54) is 6.26 Å². The quantitative estimate of drug-likeness (QED) is 0.813. The van der Waals surface area contributed by atoms with E-state index in [4.69, 9.17) is 0 Å². The first-order valence-electron chi connectivity index (χ1n) is 8.80. The van der Waals surface area contributed by atoms with Crippen LogP contribution in [0.2, 0.25) is 0 Å².